The fourth-order valence-electron chi connectivity index (χ4n) is 4.32. The second kappa shape index (κ2) is 15.8. The highest BCUT2D eigenvalue weighted by atomic mass is 19.4. The molecule has 45 heavy (non-hydrogen) atoms. The molecule has 0 unspecified atom stereocenters. The monoisotopic (exact) mass is 628 g/mol. The Morgan fingerprint density at radius 3 is 2.60 bits per heavy atom. The average Bonchev–Trinajstić information content (AvgIpc) is 3.64. The van der Waals surface area contributed by atoms with Crippen molar-refractivity contribution in [3.63, 3.8) is 0 Å². The zero-order valence-corrected chi connectivity index (χ0v) is 24.1. The van der Waals surface area contributed by atoms with Crippen LogP contribution in [0.2, 0.25) is 0 Å². The van der Waals surface area contributed by atoms with E-state index in [9.17, 15) is 22.8 Å². The molecule has 0 aliphatic heterocycles. The number of anilines is 2. The molecule has 6 N–H and O–H groups in total. The number of nitrogens with one attached hydrogen (secondary N) is 3. The summed E-state index contributed by atoms with van der Waals surface area (Å²) in [4.78, 5) is 41.4. The summed E-state index contributed by atoms with van der Waals surface area (Å²) in [6.45, 7) is 2.30. The number of hydrogen-bond acceptors (Lipinski definition) is 9. The molecule has 1 aromatic carbocycles. The van der Waals surface area contributed by atoms with E-state index in [2.05, 4.69) is 31.0 Å². The Morgan fingerprint density at radius 2 is 1.93 bits per heavy atom. The van der Waals surface area contributed by atoms with Gasteiger partial charge in [-0.3, -0.25) is 23.5 Å². The third kappa shape index (κ3) is 8.76. The van der Waals surface area contributed by atoms with Crippen LogP contribution in [0.5, 0.6) is 0 Å². The summed E-state index contributed by atoms with van der Waals surface area (Å²) < 4.78 is 43.5. The number of aryl methyl sites for hydroxylation is 1. The molecule has 0 saturated carbocycles. The second-order valence-electron chi connectivity index (χ2n) is 9.31. The van der Waals surface area contributed by atoms with Crippen molar-refractivity contribution in [3.05, 3.63) is 59.8 Å². The van der Waals surface area contributed by atoms with Crippen molar-refractivity contribution in [3.8, 4) is 17.3 Å². The number of rotatable bonds is 12. The normalized spacial score (nSPS) is 10.8. The van der Waals surface area contributed by atoms with E-state index in [0.29, 0.717) is 43.6 Å². The van der Waals surface area contributed by atoms with Gasteiger partial charge < -0.3 is 26.8 Å². The van der Waals surface area contributed by atoms with Crippen molar-refractivity contribution >= 4 is 35.4 Å². The van der Waals surface area contributed by atoms with Crippen molar-refractivity contribution in [2.75, 3.05) is 25.0 Å². The third-order valence-corrected chi connectivity index (χ3v) is 6.30. The van der Waals surface area contributed by atoms with Gasteiger partial charge in [0.25, 0.3) is 12.4 Å². The maximum atomic E-state index is 13.7. The molecule has 3 heterocycles. The number of carboxylic acid groups (broad SMARTS) is 1. The highest BCUT2D eigenvalue weighted by Gasteiger charge is 2.38. The number of imidazole rings is 1. The quantitative estimate of drug-likeness (QED) is 0.115. The van der Waals surface area contributed by atoms with Gasteiger partial charge in [0.05, 0.1) is 23.5 Å². The van der Waals surface area contributed by atoms with Crippen LogP contribution in [0, 0.1) is 11.3 Å². The average molecular weight is 629 g/mol. The number of amides is 2. The van der Waals surface area contributed by atoms with Gasteiger partial charge in [0, 0.05) is 49.4 Å². The highest BCUT2D eigenvalue weighted by molar-refractivity contribution is 5.96. The van der Waals surface area contributed by atoms with Crippen LogP contribution >= 0.6 is 0 Å². The zero-order chi connectivity index (χ0) is 33.0. The van der Waals surface area contributed by atoms with E-state index in [1.165, 1.54) is 23.0 Å². The Kier molecular flexibility index (Phi) is 12.0. The van der Waals surface area contributed by atoms with Gasteiger partial charge in [-0.05, 0) is 43.1 Å². The molecular weight excluding hydrogens is 597 g/mol. The van der Waals surface area contributed by atoms with Crippen molar-refractivity contribution < 1.29 is 32.7 Å². The zero-order valence-electron chi connectivity index (χ0n) is 24.1. The van der Waals surface area contributed by atoms with E-state index in [-0.39, 0.29) is 54.1 Å². The van der Waals surface area contributed by atoms with Crippen molar-refractivity contribution in [2.45, 2.75) is 38.9 Å². The minimum absolute atomic E-state index is 0.123. The Morgan fingerprint density at radius 1 is 1.20 bits per heavy atom. The SMILES string of the molecule is CCc1cc(Nc2nccn3c(-c4cn(CC#N)nc4C(F)(F)F)cnc23)ccc1C(=O)NCCNC(=O)CCCN.O=CO. The summed E-state index contributed by atoms with van der Waals surface area (Å²) in [5.74, 6) is -0.126. The van der Waals surface area contributed by atoms with E-state index >= 15 is 0 Å². The number of nitrogens with two attached hydrogens (primary N) is 1. The molecule has 0 fully saturated rings. The topological polar surface area (TPSA) is 205 Å². The molecule has 0 radical (unpaired) electrons. The van der Waals surface area contributed by atoms with Gasteiger partial charge in [0.1, 0.15) is 6.54 Å². The first-order valence-electron chi connectivity index (χ1n) is 13.6. The summed E-state index contributed by atoms with van der Waals surface area (Å²) >= 11 is 0. The Labute approximate surface area is 255 Å². The molecule has 3 aromatic heterocycles. The van der Waals surface area contributed by atoms with Crippen LogP contribution < -0.4 is 21.7 Å². The molecule has 17 heteroatoms. The Hall–Kier alpha value is -5.50. The lowest BCUT2D eigenvalue weighted by Gasteiger charge is -2.13. The van der Waals surface area contributed by atoms with Crippen LogP contribution in [-0.4, -0.2) is 67.2 Å². The van der Waals surface area contributed by atoms with Crippen LogP contribution in [0.3, 0.4) is 0 Å². The van der Waals surface area contributed by atoms with Gasteiger partial charge in [-0.1, -0.05) is 6.92 Å². The number of carbonyl (C=O) groups excluding carboxylic acids is 2. The second-order valence-corrected chi connectivity index (χ2v) is 9.31. The van der Waals surface area contributed by atoms with E-state index in [1.54, 1.807) is 24.3 Å². The molecule has 4 aromatic rings. The van der Waals surface area contributed by atoms with E-state index < -0.39 is 11.9 Å². The standard InChI is InChI=1S/C27H29F3N10O2.CH2O2/c1-2-17-14-18(5-6-19(17)26(42)35-10-9-33-22(41)4-3-7-31)37-24-25-36-15-21(40(25)13-11-34-24)20-16-39(12-8-32)38-23(20)27(28,29)30;2-1-3/h5-6,11,13-16H,2-4,7,9-10,12,31H2,1H3,(H,33,41)(H,34,37)(H,35,42);1H,(H,2,3). The van der Waals surface area contributed by atoms with Crippen molar-refractivity contribution in [1.82, 2.24) is 34.8 Å². The summed E-state index contributed by atoms with van der Waals surface area (Å²) in [5, 5.41) is 28.0. The highest BCUT2D eigenvalue weighted by Crippen LogP contribution is 2.37. The van der Waals surface area contributed by atoms with Gasteiger partial charge in [-0.2, -0.15) is 23.5 Å². The van der Waals surface area contributed by atoms with Crippen LogP contribution in [0.25, 0.3) is 16.9 Å². The van der Waals surface area contributed by atoms with Gasteiger partial charge in [0.15, 0.2) is 17.2 Å². The van der Waals surface area contributed by atoms with E-state index in [0.717, 1.165) is 16.4 Å². The molecule has 14 nitrogen and oxygen atoms in total. The number of alkyl halides is 3. The summed E-state index contributed by atoms with van der Waals surface area (Å²) in [6.07, 6.45) is 2.10. The molecule has 0 atom stereocenters. The first-order chi connectivity index (χ1) is 21.6. The maximum absolute atomic E-state index is 13.7. The van der Waals surface area contributed by atoms with E-state index in [4.69, 9.17) is 20.9 Å². The molecule has 4 rings (SSSR count). The smallest absolute Gasteiger partial charge is 0.435 e. The number of fused-ring (bicyclic) bond motifs is 1. The lowest BCUT2D eigenvalue weighted by molar-refractivity contribution is -0.141. The number of nitriles is 1. The molecule has 0 saturated heterocycles. The lowest BCUT2D eigenvalue weighted by Crippen LogP contribution is -2.35. The fourth-order valence-corrected chi connectivity index (χ4v) is 4.32. The predicted octanol–water partition coefficient (Wildman–Crippen LogP) is 2.73. The number of halogens is 3. The molecule has 0 spiro atoms. The molecule has 238 valence electrons. The van der Waals surface area contributed by atoms with Crippen LogP contribution in [-0.2, 0) is 28.7 Å². The predicted molar refractivity (Wildman–Crippen MR) is 156 cm³/mol. The Balaban J connectivity index is 0.00000177. The first-order valence-corrected chi connectivity index (χ1v) is 13.6. The fraction of sp³-hybridized carbons (Fsp3) is 0.321. The van der Waals surface area contributed by atoms with Crippen LogP contribution in [0.1, 0.15) is 41.4 Å². The van der Waals surface area contributed by atoms with Gasteiger partial charge in [0.2, 0.25) is 5.91 Å². The number of aromatic nitrogens is 5. The number of benzene rings is 1. The molecule has 0 aliphatic carbocycles. The van der Waals surface area contributed by atoms with Gasteiger partial charge >= 0.3 is 6.18 Å². The van der Waals surface area contributed by atoms with Gasteiger partial charge in [-0.25, -0.2) is 9.97 Å². The Bertz CT molecular complexity index is 1680. The van der Waals surface area contributed by atoms with Crippen molar-refractivity contribution in [2.24, 2.45) is 5.73 Å². The number of hydrogen-bond donors (Lipinski definition) is 5. The maximum Gasteiger partial charge on any atom is 0.435 e. The van der Waals surface area contributed by atoms with Crippen LogP contribution in [0.4, 0.5) is 24.7 Å². The first kappa shape index (κ1) is 34.0. The molecule has 2 amide bonds. The molecule has 0 aliphatic rings. The number of nitrogens with zero attached hydrogens (tertiary/aromatic N) is 6. The summed E-state index contributed by atoms with van der Waals surface area (Å²) in [6, 6.07) is 6.91. The minimum atomic E-state index is -4.74. The molecular formula is C28H31F3N10O4. The summed E-state index contributed by atoms with van der Waals surface area (Å²) in [5.41, 5.74) is 6.27. The number of carbonyl (C=O) groups is 3. The van der Waals surface area contributed by atoms with Gasteiger partial charge in [-0.15, -0.1) is 0 Å². The largest absolute Gasteiger partial charge is 0.483 e. The van der Waals surface area contributed by atoms with E-state index in [1.807, 2.05) is 6.92 Å². The molecule has 0 bridgehead atoms. The summed E-state index contributed by atoms with van der Waals surface area (Å²) in [7, 11) is 0. The van der Waals surface area contributed by atoms with Crippen LogP contribution in [0.15, 0.2) is 43.0 Å². The minimum Gasteiger partial charge on any atom is -0.483 e. The van der Waals surface area contributed by atoms with Crippen molar-refractivity contribution in [1.29, 1.82) is 5.26 Å². The lowest BCUT2D eigenvalue weighted by atomic mass is 10.0. The third-order valence-electron chi connectivity index (χ3n) is 6.30.